The lowest BCUT2D eigenvalue weighted by molar-refractivity contribution is 0.0977. The predicted molar refractivity (Wildman–Crippen MR) is 87.7 cm³/mol. The van der Waals surface area contributed by atoms with E-state index in [0.29, 0.717) is 6.54 Å². The van der Waals surface area contributed by atoms with Crippen LogP contribution in [0.1, 0.15) is 21.5 Å². The van der Waals surface area contributed by atoms with Gasteiger partial charge in [0.05, 0.1) is 11.4 Å². The first-order chi connectivity index (χ1) is 9.67. The fraction of sp³-hybridized carbons (Fsp3) is 0.188. The molecule has 0 aliphatic heterocycles. The molecule has 2 aromatic heterocycles. The molecule has 0 radical (unpaired) electrons. The van der Waals surface area contributed by atoms with Crippen LogP contribution in [0.15, 0.2) is 47.1 Å². The quantitative estimate of drug-likeness (QED) is 0.614. The number of benzene rings is 1. The van der Waals surface area contributed by atoms with Crippen LogP contribution in [-0.4, -0.2) is 10.4 Å². The van der Waals surface area contributed by atoms with Crippen LogP contribution < -0.4 is 0 Å². The molecule has 0 aliphatic carbocycles. The van der Waals surface area contributed by atoms with E-state index in [4.69, 9.17) is 0 Å². The number of Topliss-reactive ketones (excluding diaryl/α,β-unsaturated/α-hetero) is 1. The normalized spacial score (nSPS) is 11.1. The molecule has 2 nitrogen and oxygen atoms in total. The van der Waals surface area contributed by atoms with Crippen molar-refractivity contribution in [2.45, 2.75) is 19.9 Å². The Kier molecular flexibility index (Phi) is 3.76. The number of carbonyl (C=O) groups excluding carboxylic acids is 1. The molecule has 0 N–H and O–H groups in total. The van der Waals surface area contributed by atoms with Gasteiger partial charge in [0.15, 0.2) is 5.78 Å². The topological polar surface area (TPSA) is 22.0 Å². The average Bonchev–Trinajstić information content (AvgIpc) is 3.05. The van der Waals surface area contributed by atoms with Crippen molar-refractivity contribution in [3.63, 3.8) is 0 Å². The van der Waals surface area contributed by atoms with Crippen LogP contribution in [0.4, 0.5) is 0 Å². The molecule has 0 atom stereocenters. The summed E-state index contributed by atoms with van der Waals surface area (Å²) in [5.41, 5.74) is 1.09. The lowest BCUT2D eigenvalue weighted by atomic mass is 10.2. The summed E-state index contributed by atoms with van der Waals surface area (Å²) in [5, 5.41) is 1.15. The highest BCUT2D eigenvalue weighted by molar-refractivity contribution is 9.10. The SMILES string of the molecule is CCc1ccc(C(=O)Cn2ccc3cc(Br)ccc32)s1. The summed E-state index contributed by atoms with van der Waals surface area (Å²) in [7, 11) is 0. The lowest BCUT2D eigenvalue weighted by Gasteiger charge is -2.03. The molecule has 102 valence electrons. The Labute approximate surface area is 130 Å². The summed E-state index contributed by atoms with van der Waals surface area (Å²) in [6.45, 7) is 2.51. The van der Waals surface area contributed by atoms with Gasteiger partial charge in [-0.25, -0.2) is 0 Å². The van der Waals surface area contributed by atoms with Crippen LogP contribution in [-0.2, 0) is 13.0 Å². The first-order valence-corrected chi connectivity index (χ1v) is 8.14. The summed E-state index contributed by atoms with van der Waals surface area (Å²) in [6.07, 6.45) is 2.96. The highest BCUT2D eigenvalue weighted by Gasteiger charge is 2.11. The summed E-state index contributed by atoms with van der Waals surface area (Å²) in [5.74, 6) is 0.176. The number of hydrogen-bond donors (Lipinski definition) is 0. The molecule has 2 heterocycles. The minimum absolute atomic E-state index is 0.176. The highest BCUT2D eigenvalue weighted by atomic mass is 79.9. The number of carbonyl (C=O) groups is 1. The minimum Gasteiger partial charge on any atom is -0.340 e. The molecular weight excluding hydrogens is 334 g/mol. The first-order valence-electron chi connectivity index (χ1n) is 6.53. The zero-order valence-electron chi connectivity index (χ0n) is 11.1. The van der Waals surface area contributed by atoms with E-state index >= 15 is 0 Å². The summed E-state index contributed by atoms with van der Waals surface area (Å²) < 4.78 is 3.06. The van der Waals surface area contributed by atoms with E-state index in [-0.39, 0.29) is 5.78 Å². The van der Waals surface area contributed by atoms with E-state index in [1.807, 2.05) is 41.1 Å². The Bertz CT molecular complexity index is 772. The summed E-state index contributed by atoms with van der Waals surface area (Å²) >= 11 is 5.07. The third-order valence-electron chi connectivity index (χ3n) is 3.33. The predicted octanol–water partition coefficient (Wildman–Crippen LogP) is 4.91. The van der Waals surface area contributed by atoms with Gasteiger partial charge in [0.1, 0.15) is 0 Å². The number of thiophene rings is 1. The number of ketones is 1. The van der Waals surface area contributed by atoms with Crippen LogP contribution in [0.2, 0.25) is 0 Å². The summed E-state index contributed by atoms with van der Waals surface area (Å²) in [6, 6.07) is 12.1. The zero-order chi connectivity index (χ0) is 14.1. The van der Waals surface area contributed by atoms with Crippen molar-refractivity contribution < 1.29 is 4.79 Å². The van der Waals surface area contributed by atoms with Crippen LogP contribution in [0.3, 0.4) is 0 Å². The largest absolute Gasteiger partial charge is 0.340 e. The third kappa shape index (κ3) is 2.58. The van der Waals surface area contributed by atoms with E-state index < -0.39 is 0 Å². The van der Waals surface area contributed by atoms with Gasteiger partial charge in [-0.15, -0.1) is 11.3 Å². The molecule has 0 saturated carbocycles. The maximum atomic E-state index is 12.3. The van der Waals surface area contributed by atoms with Gasteiger partial charge in [0.25, 0.3) is 0 Å². The van der Waals surface area contributed by atoms with Gasteiger partial charge in [-0.1, -0.05) is 22.9 Å². The summed E-state index contributed by atoms with van der Waals surface area (Å²) in [4.78, 5) is 14.4. The lowest BCUT2D eigenvalue weighted by Crippen LogP contribution is -2.07. The highest BCUT2D eigenvalue weighted by Crippen LogP contribution is 2.22. The third-order valence-corrected chi connectivity index (χ3v) is 5.10. The number of nitrogens with zero attached hydrogens (tertiary/aromatic N) is 1. The van der Waals surface area contributed by atoms with Gasteiger partial charge >= 0.3 is 0 Å². The Balaban J connectivity index is 1.87. The molecule has 0 unspecified atom stereocenters. The van der Waals surface area contributed by atoms with E-state index in [9.17, 15) is 4.79 Å². The Hall–Kier alpha value is -1.39. The van der Waals surface area contributed by atoms with Gasteiger partial charge in [-0.05, 0) is 42.8 Å². The second kappa shape index (κ2) is 5.54. The van der Waals surface area contributed by atoms with Gasteiger partial charge in [0, 0.05) is 26.4 Å². The number of hydrogen-bond acceptors (Lipinski definition) is 2. The van der Waals surface area contributed by atoms with Crippen molar-refractivity contribution in [3.05, 3.63) is 56.8 Å². The zero-order valence-corrected chi connectivity index (χ0v) is 13.5. The fourth-order valence-corrected chi connectivity index (χ4v) is 3.52. The molecule has 0 bridgehead atoms. The molecule has 4 heteroatoms. The van der Waals surface area contributed by atoms with Crippen molar-refractivity contribution in [2.75, 3.05) is 0 Å². The van der Waals surface area contributed by atoms with Crippen molar-refractivity contribution >= 4 is 44.0 Å². The molecule has 1 aromatic carbocycles. The number of aromatic nitrogens is 1. The van der Waals surface area contributed by atoms with E-state index in [1.54, 1.807) is 11.3 Å². The first kappa shape index (κ1) is 13.6. The molecule has 0 saturated heterocycles. The van der Waals surface area contributed by atoms with Crippen molar-refractivity contribution in [3.8, 4) is 0 Å². The number of fused-ring (bicyclic) bond motifs is 1. The van der Waals surface area contributed by atoms with Gasteiger partial charge in [-0.3, -0.25) is 4.79 Å². The minimum atomic E-state index is 0.176. The second-order valence-corrected chi connectivity index (χ2v) is 6.77. The Morgan fingerprint density at radius 1 is 1.25 bits per heavy atom. The van der Waals surface area contributed by atoms with E-state index in [2.05, 4.69) is 28.9 Å². The number of rotatable bonds is 4. The monoisotopic (exact) mass is 347 g/mol. The molecular formula is C16H14BrNOS. The Morgan fingerprint density at radius 3 is 2.85 bits per heavy atom. The molecule has 3 aromatic rings. The maximum Gasteiger partial charge on any atom is 0.192 e. The number of aryl methyl sites for hydroxylation is 1. The molecule has 20 heavy (non-hydrogen) atoms. The fourth-order valence-electron chi connectivity index (χ4n) is 2.26. The molecule has 0 spiro atoms. The smallest absolute Gasteiger partial charge is 0.192 e. The number of halogens is 1. The van der Waals surface area contributed by atoms with Crippen LogP contribution in [0.5, 0.6) is 0 Å². The van der Waals surface area contributed by atoms with Gasteiger partial charge in [-0.2, -0.15) is 0 Å². The van der Waals surface area contributed by atoms with Crippen molar-refractivity contribution in [1.29, 1.82) is 0 Å². The molecule has 3 rings (SSSR count). The van der Waals surface area contributed by atoms with Crippen LogP contribution >= 0.6 is 27.3 Å². The Morgan fingerprint density at radius 2 is 2.10 bits per heavy atom. The van der Waals surface area contributed by atoms with Gasteiger partial charge in [0.2, 0.25) is 0 Å². The molecule has 0 amide bonds. The maximum absolute atomic E-state index is 12.3. The average molecular weight is 348 g/mol. The second-order valence-electron chi connectivity index (χ2n) is 4.69. The van der Waals surface area contributed by atoms with Gasteiger partial charge < -0.3 is 4.57 Å². The van der Waals surface area contributed by atoms with E-state index in [1.165, 1.54) is 4.88 Å². The van der Waals surface area contributed by atoms with Crippen LogP contribution in [0.25, 0.3) is 10.9 Å². The van der Waals surface area contributed by atoms with E-state index in [0.717, 1.165) is 26.7 Å². The van der Waals surface area contributed by atoms with Crippen molar-refractivity contribution in [1.82, 2.24) is 4.57 Å². The van der Waals surface area contributed by atoms with Crippen molar-refractivity contribution in [2.24, 2.45) is 0 Å². The molecule has 0 fully saturated rings. The van der Waals surface area contributed by atoms with Crippen LogP contribution in [0, 0.1) is 0 Å². The standard InChI is InChI=1S/C16H14BrNOS/c1-2-13-4-6-16(20-13)15(19)10-18-8-7-11-9-12(17)3-5-14(11)18/h3-9H,2,10H2,1H3. The molecule has 0 aliphatic rings.